The van der Waals surface area contributed by atoms with Crippen molar-refractivity contribution >= 4 is 23.2 Å². The fraction of sp³-hybridized carbons (Fsp3) is 0.333. The third-order valence-corrected chi connectivity index (χ3v) is 6.32. The number of nitrogens with zero attached hydrogens (tertiary/aromatic N) is 2. The first-order valence-electron chi connectivity index (χ1n) is 11.6. The van der Waals surface area contributed by atoms with Gasteiger partial charge >= 0.3 is 0 Å². The van der Waals surface area contributed by atoms with E-state index in [1.165, 1.54) is 17.2 Å². The molecule has 7 heteroatoms. The van der Waals surface area contributed by atoms with E-state index >= 15 is 0 Å². The van der Waals surface area contributed by atoms with Crippen LogP contribution in [0.5, 0.6) is 0 Å². The number of rotatable bonds is 7. The zero-order valence-corrected chi connectivity index (χ0v) is 19.8. The molecule has 1 saturated carbocycles. The van der Waals surface area contributed by atoms with Gasteiger partial charge in [0.05, 0.1) is 6.26 Å². The predicted molar refractivity (Wildman–Crippen MR) is 131 cm³/mol. The van der Waals surface area contributed by atoms with Gasteiger partial charge in [-0.15, -0.1) is 0 Å². The molecular weight excluding hydrogens is 433 g/mol. The molecule has 2 amide bonds. The minimum atomic E-state index is -1.00. The molecule has 2 aromatic carbocycles. The smallest absolute Gasteiger partial charge is 0.294 e. The second kappa shape index (κ2) is 10.1. The topological polar surface area (TPSA) is 65.8 Å². The Hall–Kier alpha value is -3.61. The highest BCUT2D eigenvalue weighted by atomic mass is 19.1. The average Bonchev–Trinajstić information content (AvgIpc) is 3.53. The van der Waals surface area contributed by atoms with Crippen LogP contribution in [0.25, 0.3) is 0 Å². The third-order valence-electron chi connectivity index (χ3n) is 6.32. The van der Waals surface area contributed by atoms with Crippen LogP contribution in [-0.2, 0) is 4.79 Å². The predicted octanol–water partition coefficient (Wildman–Crippen LogP) is 5.24. The van der Waals surface area contributed by atoms with Gasteiger partial charge in [-0.05, 0) is 67.3 Å². The number of amides is 2. The lowest BCUT2D eigenvalue weighted by Gasteiger charge is -2.32. The minimum Gasteiger partial charge on any atom is -0.459 e. The summed E-state index contributed by atoms with van der Waals surface area (Å²) in [7, 11) is 3.86. The van der Waals surface area contributed by atoms with Crippen molar-refractivity contribution in [2.45, 2.75) is 44.7 Å². The number of benzene rings is 2. The van der Waals surface area contributed by atoms with Crippen LogP contribution in [0.4, 0.5) is 15.8 Å². The Morgan fingerprint density at radius 2 is 1.71 bits per heavy atom. The van der Waals surface area contributed by atoms with E-state index in [0.717, 1.165) is 31.4 Å². The van der Waals surface area contributed by atoms with Crippen LogP contribution in [0, 0.1) is 12.7 Å². The van der Waals surface area contributed by atoms with Gasteiger partial charge in [0, 0.05) is 31.5 Å². The Balaban J connectivity index is 1.82. The summed E-state index contributed by atoms with van der Waals surface area (Å²) in [5.41, 5.74) is 2.33. The number of hydrogen-bond acceptors (Lipinski definition) is 4. The van der Waals surface area contributed by atoms with Crippen LogP contribution in [0.2, 0.25) is 0 Å². The molecule has 0 spiro atoms. The number of nitrogens with one attached hydrogen (secondary N) is 1. The molecule has 6 nitrogen and oxygen atoms in total. The minimum absolute atomic E-state index is 0.0615. The van der Waals surface area contributed by atoms with Gasteiger partial charge in [0.25, 0.3) is 5.91 Å². The van der Waals surface area contributed by atoms with E-state index in [2.05, 4.69) is 5.32 Å². The van der Waals surface area contributed by atoms with Crippen molar-refractivity contribution in [2.24, 2.45) is 0 Å². The van der Waals surface area contributed by atoms with Crippen molar-refractivity contribution in [1.82, 2.24) is 5.32 Å². The van der Waals surface area contributed by atoms with Crippen LogP contribution >= 0.6 is 0 Å². The number of halogens is 1. The highest BCUT2D eigenvalue weighted by Crippen LogP contribution is 2.32. The Morgan fingerprint density at radius 1 is 1.03 bits per heavy atom. The van der Waals surface area contributed by atoms with Gasteiger partial charge in [0.1, 0.15) is 11.9 Å². The molecule has 1 atom stereocenters. The highest BCUT2D eigenvalue weighted by Gasteiger charge is 2.36. The summed E-state index contributed by atoms with van der Waals surface area (Å²) < 4.78 is 20.0. The molecule has 0 saturated heterocycles. The lowest BCUT2D eigenvalue weighted by atomic mass is 10.0. The maximum atomic E-state index is 14.6. The number of aryl methyl sites for hydroxylation is 1. The molecule has 1 heterocycles. The van der Waals surface area contributed by atoms with Gasteiger partial charge in [0.2, 0.25) is 5.91 Å². The average molecular weight is 464 g/mol. The molecule has 1 aromatic heterocycles. The quantitative estimate of drug-likeness (QED) is 0.520. The summed E-state index contributed by atoms with van der Waals surface area (Å²) in [6, 6.07) is 14.2. The van der Waals surface area contributed by atoms with E-state index in [1.807, 2.05) is 43.3 Å². The van der Waals surface area contributed by atoms with E-state index in [1.54, 1.807) is 31.2 Å². The molecule has 1 N–H and O–H groups in total. The first-order valence-corrected chi connectivity index (χ1v) is 11.6. The monoisotopic (exact) mass is 463 g/mol. The van der Waals surface area contributed by atoms with Crippen molar-refractivity contribution in [3.05, 3.63) is 83.6 Å². The SMILES string of the molecule is Cc1ccc(N(C(=O)c2ccco2)[C@H](C(=O)NC2CCCC2)c2ccc(N(C)C)cc2)cc1F. The van der Waals surface area contributed by atoms with E-state index in [9.17, 15) is 14.0 Å². The number of hydrogen-bond donors (Lipinski definition) is 1. The molecule has 0 unspecified atom stereocenters. The van der Waals surface area contributed by atoms with Gasteiger partial charge in [-0.3, -0.25) is 14.5 Å². The maximum Gasteiger partial charge on any atom is 0.294 e. The Morgan fingerprint density at radius 3 is 2.29 bits per heavy atom. The van der Waals surface area contributed by atoms with Gasteiger partial charge < -0.3 is 14.6 Å². The van der Waals surface area contributed by atoms with Crippen molar-refractivity contribution in [1.29, 1.82) is 0 Å². The van der Waals surface area contributed by atoms with E-state index in [4.69, 9.17) is 4.42 Å². The van der Waals surface area contributed by atoms with Gasteiger partial charge in [-0.25, -0.2) is 4.39 Å². The molecule has 3 aromatic rings. The molecule has 1 aliphatic rings. The largest absolute Gasteiger partial charge is 0.459 e. The van der Waals surface area contributed by atoms with Crippen molar-refractivity contribution in [3.8, 4) is 0 Å². The number of carbonyl (C=O) groups is 2. The number of carbonyl (C=O) groups excluding carboxylic acids is 2. The summed E-state index contributed by atoms with van der Waals surface area (Å²) in [6.07, 6.45) is 5.34. The normalized spacial score (nSPS) is 14.6. The zero-order chi connectivity index (χ0) is 24.2. The second-order valence-electron chi connectivity index (χ2n) is 8.96. The first-order chi connectivity index (χ1) is 16.3. The molecule has 178 valence electrons. The molecule has 0 bridgehead atoms. The standard InChI is InChI=1S/C27H30FN3O3/c1-18-10-13-22(17-23(18)28)31(27(33)24-9-6-16-34-24)25(26(32)29-20-7-4-5-8-20)19-11-14-21(15-12-19)30(2)3/h6,9-17,20,25H,4-5,7-8H2,1-3H3,(H,29,32)/t25-/m0/s1. The third kappa shape index (κ3) is 4.98. The van der Waals surface area contributed by atoms with Crippen molar-refractivity contribution in [2.75, 3.05) is 23.9 Å². The molecule has 0 aliphatic heterocycles. The van der Waals surface area contributed by atoms with Crippen LogP contribution in [0.15, 0.2) is 65.3 Å². The fourth-order valence-electron chi connectivity index (χ4n) is 4.36. The summed E-state index contributed by atoms with van der Waals surface area (Å²) in [5.74, 6) is -1.20. The van der Waals surface area contributed by atoms with Crippen molar-refractivity contribution < 1.29 is 18.4 Å². The molecule has 4 rings (SSSR count). The van der Waals surface area contributed by atoms with Crippen LogP contribution in [0.3, 0.4) is 0 Å². The number of anilines is 2. The maximum absolute atomic E-state index is 14.6. The van der Waals surface area contributed by atoms with Crippen molar-refractivity contribution in [3.63, 3.8) is 0 Å². The molecule has 1 aliphatic carbocycles. The van der Waals surface area contributed by atoms with Gasteiger partial charge in [-0.2, -0.15) is 0 Å². The molecule has 0 radical (unpaired) electrons. The van der Waals surface area contributed by atoms with E-state index in [-0.39, 0.29) is 23.4 Å². The first kappa shape index (κ1) is 23.5. The van der Waals surface area contributed by atoms with Gasteiger partial charge in [0.15, 0.2) is 5.76 Å². The molecule has 1 fully saturated rings. The highest BCUT2D eigenvalue weighted by molar-refractivity contribution is 6.08. The Bertz CT molecular complexity index is 1140. The van der Waals surface area contributed by atoms with Crippen LogP contribution in [-0.4, -0.2) is 32.0 Å². The van der Waals surface area contributed by atoms with E-state index < -0.39 is 17.8 Å². The van der Waals surface area contributed by atoms with Gasteiger partial charge in [-0.1, -0.05) is 31.0 Å². The van der Waals surface area contributed by atoms with Crippen LogP contribution < -0.4 is 15.1 Å². The summed E-state index contributed by atoms with van der Waals surface area (Å²) in [5, 5.41) is 3.12. The molecule has 34 heavy (non-hydrogen) atoms. The zero-order valence-electron chi connectivity index (χ0n) is 19.8. The number of furan rings is 1. The summed E-state index contributed by atoms with van der Waals surface area (Å²) >= 11 is 0. The van der Waals surface area contributed by atoms with E-state index in [0.29, 0.717) is 11.1 Å². The Kier molecular flexibility index (Phi) is 7.01. The Labute approximate surface area is 199 Å². The van der Waals surface area contributed by atoms with Crippen LogP contribution in [0.1, 0.15) is 53.4 Å². The summed E-state index contributed by atoms with van der Waals surface area (Å²) in [6.45, 7) is 1.65. The lowest BCUT2D eigenvalue weighted by Crippen LogP contribution is -2.46. The lowest BCUT2D eigenvalue weighted by molar-refractivity contribution is -0.123. The fourth-order valence-corrected chi connectivity index (χ4v) is 4.36. The molecular formula is C27H30FN3O3. The second-order valence-corrected chi connectivity index (χ2v) is 8.96. The summed E-state index contributed by atoms with van der Waals surface area (Å²) in [4.78, 5) is 30.7.